The van der Waals surface area contributed by atoms with Crippen molar-refractivity contribution in [2.24, 2.45) is 0 Å². The Balaban J connectivity index is 2.83. The van der Waals surface area contributed by atoms with Crippen LogP contribution in [0.5, 0.6) is 0 Å². The van der Waals surface area contributed by atoms with E-state index in [1.807, 2.05) is 13.8 Å². The fourth-order valence-electron chi connectivity index (χ4n) is 1.74. The molecule has 2 nitrogen and oxygen atoms in total. The lowest BCUT2D eigenvalue weighted by molar-refractivity contribution is 0.0908. The Hall–Kier alpha value is -0.540. The quantitative estimate of drug-likeness (QED) is 0.875. The van der Waals surface area contributed by atoms with Gasteiger partial charge < -0.3 is 5.32 Å². The molecule has 0 aliphatic rings. The summed E-state index contributed by atoms with van der Waals surface area (Å²) >= 11 is 9.19. The summed E-state index contributed by atoms with van der Waals surface area (Å²) in [5, 5.41) is 3.63. The van der Waals surface area contributed by atoms with Gasteiger partial charge in [-0.2, -0.15) is 0 Å². The van der Waals surface area contributed by atoms with E-state index in [2.05, 4.69) is 28.2 Å². The van der Waals surface area contributed by atoms with Crippen molar-refractivity contribution in [3.05, 3.63) is 33.3 Å². The van der Waals surface area contributed by atoms with Crippen LogP contribution in [-0.4, -0.2) is 11.4 Å². The molecule has 1 rings (SSSR count). The molecule has 0 radical (unpaired) electrons. The Morgan fingerprint density at radius 2 is 2.12 bits per heavy atom. The van der Waals surface area contributed by atoms with Crippen molar-refractivity contribution in [3.63, 3.8) is 0 Å². The van der Waals surface area contributed by atoms with Crippen LogP contribution in [0.15, 0.2) is 22.7 Å². The average molecular weight is 319 g/mol. The third-order valence-corrected chi connectivity index (χ3v) is 3.39. The molecule has 0 heterocycles. The first-order chi connectivity index (χ1) is 7.85. The Bertz CT molecular complexity index is 418. The molecular weight excluding hydrogens is 302 g/mol. The van der Waals surface area contributed by atoms with Crippen LogP contribution >= 0.6 is 27.5 Å². The van der Waals surface area contributed by atoms with E-state index >= 15 is 0 Å². The Kier molecular flexibility index (Phi) is 5.02. The molecule has 1 N–H and O–H groups in total. The number of halogens is 2. The van der Waals surface area contributed by atoms with Gasteiger partial charge in [0.2, 0.25) is 0 Å². The van der Waals surface area contributed by atoms with Gasteiger partial charge in [0.15, 0.2) is 0 Å². The summed E-state index contributed by atoms with van der Waals surface area (Å²) in [7, 11) is 0. The van der Waals surface area contributed by atoms with Crippen LogP contribution < -0.4 is 5.32 Å². The second-order valence-corrected chi connectivity index (χ2v) is 6.00. The molecule has 0 unspecified atom stereocenters. The highest BCUT2D eigenvalue weighted by molar-refractivity contribution is 9.10. The van der Waals surface area contributed by atoms with Crippen LogP contribution in [0.3, 0.4) is 0 Å². The number of hydrogen-bond donors (Lipinski definition) is 1. The fraction of sp³-hybridized carbons (Fsp3) is 0.462. The first kappa shape index (κ1) is 14.5. The van der Waals surface area contributed by atoms with E-state index in [0.29, 0.717) is 10.6 Å². The number of carbonyl (C=O) groups excluding carboxylic acids is 1. The van der Waals surface area contributed by atoms with E-state index in [0.717, 1.165) is 17.3 Å². The lowest BCUT2D eigenvalue weighted by atomic mass is 9.98. The summed E-state index contributed by atoms with van der Waals surface area (Å²) in [4.78, 5) is 12.1. The molecule has 0 aromatic heterocycles. The lowest BCUT2D eigenvalue weighted by Gasteiger charge is -2.26. The molecule has 1 amide bonds. The minimum atomic E-state index is -0.190. The van der Waals surface area contributed by atoms with Gasteiger partial charge in [-0.15, -0.1) is 0 Å². The van der Waals surface area contributed by atoms with E-state index in [4.69, 9.17) is 11.6 Å². The normalized spacial score (nSPS) is 11.4. The molecule has 4 heteroatoms. The standard InChI is InChI=1S/C13H17BrClNO/c1-4-7-13(2,3)16-12(17)10-6-5-9(15)8-11(10)14/h5-6,8H,4,7H2,1-3H3,(H,16,17). The molecule has 0 fully saturated rings. The molecule has 1 aromatic carbocycles. The molecule has 0 bridgehead atoms. The monoisotopic (exact) mass is 317 g/mol. The first-order valence-corrected chi connectivity index (χ1v) is 6.80. The van der Waals surface area contributed by atoms with Crippen molar-refractivity contribution in [2.45, 2.75) is 39.2 Å². The lowest BCUT2D eigenvalue weighted by Crippen LogP contribution is -2.43. The zero-order chi connectivity index (χ0) is 13.1. The molecule has 0 spiro atoms. The van der Waals surface area contributed by atoms with E-state index in [-0.39, 0.29) is 11.4 Å². The zero-order valence-corrected chi connectivity index (χ0v) is 12.7. The second kappa shape index (κ2) is 5.87. The Morgan fingerprint density at radius 3 is 2.65 bits per heavy atom. The number of hydrogen-bond acceptors (Lipinski definition) is 1. The number of benzene rings is 1. The fourth-order valence-corrected chi connectivity index (χ4v) is 2.60. The summed E-state index contributed by atoms with van der Waals surface area (Å²) in [5.74, 6) is -0.0769. The highest BCUT2D eigenvalue weighted by Crippen LogP contribution is 2.22. The minimum absolute atomic E-state index is 0.0769. The molecule has 17 heavy (non-hydrogen) atoms. The third-order valence-electron chi connectivity index (χ3n) is 2.50. The molecule has 0 saturated heterocycles. The zero-order valence-electron chi connectivity index (χ0n) is 10.3. The van der Waals surface area contributed by atoms with Crippen LogP contribution in [0, 0.1) is 0 Å². The molecule has 1 aromatic rings. The van der Waals surface area contributed by atoms with Gasteiger partial charge >= 0.3 is 0 Å². The summed E-state index contributed by atoms with van der Waals surface area (Å²) in [6, 6.07) is 5.17. The van der Waals surface area contributed by atoms with Gasteiger partial charge in [0.25, 0.3) is 5.91 Å². The van der Waals surface area contributed by atoms with Crippen LogP contribution in [-0.2, 0) is 0 Å². The second-order valence-electron chi connectivity index (χ2n) is 4.71. The molecule has 94 valence electrons. The summed E-state index contributed by atoms with van der Waals surface area (Å²) in [6.07, 6.45) is 1.99. The third kappa shape index (κ3) is 4.32. The van der Waals surface area contributed by atoms with Crippen molar-refractivity contribution < 1.29 is 4.79 Å². The maximum absolute atomic E-state index is 12.1. The van der Waals surface area contributed by atoms with E-state index < -0.39 is 0 Å². The molecular formula is C13H17BrClNO. The van der Waals surface area contributed by atoms with Gasteiger partial charge in [0.05, 0.1) is 5.56 Å². The molecule has 0 atom stereocenters. The van der Waals surface area contributed by atoms with Gasteiger partial charge in [-0.25, -0.2) is 0 Å². The highest BCUT2D eigenvalue weighted by atomic mass is 79.9. The Labute approximate surface area is 116 Å². The summed E-state index contributed by atoms with van der Waals surface area (Å²) in [5.41, 5.74) is 0.420. The van der Waals surface area contributed by atoms with Gasteiger partial charge in [0.1, 0.15) is 0 Å². The SMILES string of the molecule is CCCC(C)(C)NC(=O)c1ccc(Cl)cc1Br. The van der Waals surface area contributed by atoms with Crippen molar-refractivity contribution in [1.29, 1.82) is 0 Å². The summed E-state index contributed by atoms with van der Waals surface area (Å²) < 4.78 is 0.717. The molecule has 0 saturated carbocycles. The number of amides is 1. The van der Waals surface area contributed by atoms with E-state index in [9.17, 15) is 4.79 Å². The predicted octanol–water partition coefficient (Wildman–Crippen LogP) is 4.41. The predicted molar refractivity (Wildman–Crippen MR) is 75.6 cm³/mol. The van der Waals surface area contributed by atoms with Crippen molar-refractivity contribution >= 4 is 33.4 Å². The van der Waals surface area contributed by atoms with Gasteiger partial charge in [0, 0.05) is 15.0 Å². The number of rotatable bonds is 4. The van der Waals surface area contributed by atoms with Crippen LogP contribution in [0.1, 0.15) is 44.0 Å². The van der Waals surface area contributed by atoms with E-state index in [1.54, 1.807) is 18.2 Å². The largest absolute Gasteiger partial charge is 0.347 e. The topological polar surface area (TPSA) is 29.1 Å². The number of carbonyl (C=O) groups is 1. The van der Waals surface area contributed by atoms with E-state index in [1.165, 1.54) is 0 Å². The van der Waals surface area contributed by atoms with Crippen molar-refractivity contribution in [3.8, 4) is 0 Å². The van der Waals surface area contributed by atoms with Crippen LogP contribution in [0.4, 0.5) is 0 Å². The highest BCUT2D eigenvalue weighted by Gasteiger charge is 2.21. The molecule has 0 aliphatic carbocycles. The average Bonchev–Trinajstić information content (AvgIpc) is 2.15. The molecule has 0 aliphatic heterocycles. The summed E-state index contributed by atoms with van der Waals surface area (Å²) in [6.45, 7) is 6.16. The number of nitrogens with one attached hydrogen (secondary N) is 1. The van der Waals surface area contributed by atoms with Gasteiger partial charge in [-0.05, 0) is 54.4 Å². The van der Waals surface area contributed by atoms with Crippen molar-refractivity contribution in [1.82, 2.24) is 5.32 Å². The maximum Gasteiger partial charge on any atom is 0.252 e. The van der Waals surface area contributed by atoms with Crippen LogP contribution in [0.25, 0.3) is 0 Å². The Morgan fingerprint density at radius 1 is 1.47 bits per heavy atom. The van der Waals surface area contributed by atoms with Gasteiger partial charge in [-0.1, -0.05) is 24.9 Å². The van der Waals surface area contributed by atoms with Gasteiger partial charge in [-0.3, -0.25) is 4.79 Å². The minimum Gasteiger partial charge on any atom is -0.347 e. The van der Waals surface area contributed by atoms with Crippen molar-refractivity contribution in [2.75, 3.05) is 0 Å². The first-order valence-electron chi connectivity index (χ1n) is 5.63. The maximum atomic E-state index is 12.1. The van der Waals surface area contributed by atoms with Crippen LogP contribution in [0.2, 0.25) is 5.02 Å². The smallest absolute Gasteiger partial charge is 0.252 e.